The second-order valence-corrected chi connectivity index (χ2v) is 4.35. The van der Waals surface area contributed by atoms with E-state index in [9.17, 15) is 0 Å². The fourth-order valence-corrected chi connectivity index (χ4v) is 1.42. The number of ether oxygens (including phenoxy) is 1. The quantitative estimate of drug-likeness (QED) is 0.743. The second-order valence-electron chi connectivity index (χ2n) is 4.00. The number of hydrogen-bond donors (Lipinski definition) is 0. The first-order valence-electron chi connectivity index (χ1n) is 5.29. The van der Waals surface area contributed by atoms with Crippen LogP contribution < -0.4 is 4.74 Å². The Balaban J connectivity index is 2.51. The lowest BCUT2D eigenvalue weighted by molar-refractivity contribution is 0.272. The number of aromatic nitrogens is 2. The molecule has 16 heavy (non-hydrogen) atoms. The van der Waals surface area contributed by atoms with E-state index in [1.807, 2.05) is 27.9 Å². The molecule has 0 bridgehead atoms. The van der Waals surface area contributed by atoms with Gasteiger partial charge in [-0.3, -0.25) is 0 Å². The van der Waals surface area contributed by atoms with Crippen molar-refractivity contribution in [3.8, 4) is 5.88 Å². The van der Waals surface area contributed by atoms with Crippen molar-refractivity contribution in [3.05, 3.63) is 16.5 Å². The first-order chi connectivity index (χ1) is 7.50. The van der Waals surface area contributed by atoms with Gasteiger partial charge in [0.1, 0.15) is 0 Å². The standard InChI is InChI=1S/C11H18ClN3O/c1-8-9(2)14-11(10(12)13-8)16-7-5-6-15(3)4/h5-7H2,1-4H3. The summed E-state index contributed by atoms with van der Waals surface area (Å²) in [6.45, 7) is 5.36. The largest absolute Gasteiger partial charge is 0.475 e. The Hall–Kier alpha value is -0.870. The Labute approximate surface area is 102 Å². The molecule has 0 fully saturated rings. The number of nitrogens with zero attached hydrogens (tertiary/aromatic N) is 3. The zero-order chi connectivity index (χ0) is 12.1. The molecule has 0 aliphatic rings. The van der Waals surface area contributed by atoms with Gasteiger partial charge >= 0.3 is 0 Å². The molecule has 1 heterocycles. The highest BCUT2D eigenvalue weighted by Crippen LogP contribution is 2.20. The lowest BCUT2D eigenvalue weighted by Crippen LogP contribution is -2.16. The van der Waals surface area contributed by atoms with E-state index in [1.165, 1.54) is 0 Å². The summed E-state index contributed by atoms with van der Waals surface area (Å²) in [4.78, 5) is 10.5. The second kappa shape index (κ2) is 6.01. The van der Waals surface area contributed by atoms with E-state index in [-0.39, 0.29) is 0 Å². The highest BCUT2D eigenvalue weighted by atomic mass is 35.5. The molecule has 0 amide bonds. The highest BCUT2D eigenvalue weighted by Gasteiger charge is 2.07. The average Bonchev–Trinajstić information content (AvgIpc) is 2.19. The molecule has 1 aromatic heterocycles. The third-order valence-electron chi connectivity index (χ3n) is 2.22. The fraction of sp³-hybridized carbons (Fsp3) is 0.636. The summed E-state index contributed by atoms with van der Waals surface area (Å²) in [6.07, 6.45) is 0.942. The molecule has 0 N–H and O–H groups in total. The predicted octanol–water partition coefficient (Wildman–Crippen LogP) is 2.08. The molecule has 0 saturated heterocycles. The SMILES string of the molecule is Cc1nc(Cl)c(OCCCN(C)C)nc1C. The summed E-state index contributed by atoms with van der Waals surface area (Å²) in [5, 5.41) is 0.341. The van der Waals surface area contributed by atoms with Crippen molar-refractivity contribution < 1.29 is 4.74 Å². The summed E-state index contributed by atoms with van der Waals surface area (Å²) in [7, 11) is 4.06. The zero-order valence-electron chi connectivity index (χ0n) is 10.2. The maximum Gasteiger partial charge on any atom is 0.252 e. The van der Waals surface area contributed by atoms with Crippen LogP contribution in [-0.2, 0) is 0 Å². The third kappa shape index (κ3) is 3.94. The first kappa shape index (κ1) is 13.2. The van der Waals surface area contributed by atoms with Gasteiger partial charge in [-0.2, -0.15) is 0 Å². The molecule has 0 atom stereocenters. The van der Waals surface area contributed by atoms with Crippen LogP contribution in [0.2, 0.25) is 5.15 Å². The summed E-state index contributed by atoms with van der Waals surface area (Å²) in [5.74, 6) is 0.434. The molecule has 1 aromatic rings. The normalized spacial score (nSPS) is 10.9. The molecule has 5 heteroatoms. The average molecular weight is 244 g/mol. The monoisotopic (exact) mass is 243 g/mol. The van der Waals surface area contributed by atoms with E-state index in [0.717, 1.165) is 24.4 Å². The number of hydrogen-bond acceptors (Lipinski definition) is 4. The van der Waals surface area contributed by atoms with Crippen molar-refractivity contribution in [1.29, 1.82) is 0 Å². The number of aryl methyl sites for hydroxylation is 2. The molecule has 0 spiro atoms. The summed E-state index contributed by atoms with van der Waals surface area (Å²) in [5.41, 5.74) is 1.69. The fourth-order valence-electron chi connectivity index (χ4n) is 1.20. The van der Waals surface area contributed by atoms with Crippen LogP contribution >= 0.6 is 11.6 Å². The van der Waals surface area contributed by atoms with E-state index >= 15 is 0 Å². The molecule has 4 nitrogen and oxygen atoms in total. The van der Waals surface area contributed by atoms with Crippen molar-refractivity contribution in [2.24, 2.45) is 0 Å². The molecular weight excluding hydrogens is 226 g/mol. The molecule has 1 rings (SSSR count). The lowest BCUT2D eigenvalue weighted by Gasteiger charge is -2.11. The van der Waals surface area contributed by atoms with Crippen molar-refractivity contribution in [3.63, 3.8) is 0 Å². The Kier molecular flexibility index (Phi) is 4.96. The van der Waals surface area contributed by atoms with Gasteiger partial charge in [0.15, 0.2) is 5.15 Å². The van der Waals surface area contributed by atoms with E-state index in [0.29, 0.717) is 17.6 Å². The summed E-state index contributed by atoms with van der Waals surface area (Å²) < 4.78 is 5.49. The molecule has 90 valence electrons. The van der Waals surface area contributed by atoms with Crippen LogP contribution in [0.4, 0.5) is 0 Å². The third-order valence-corrected chi connectivity index (χ3v) is 2.47. The van der Waals surface area contributed by atoms with Crippen LogP contribution in [0, 0.1) is 13.8 Å². The van der Waals surface area contributed by atoms with Crippen LogP contribution in [0.1, 0.15) is 17.8 Å². The van der Waals surface area contributed by atoms with Gasteiger partial charge in [0.2, 0.25) is 0 Å². The van der Waals surface area contributed by atoms with Crippen LogP contribution in [0.25, 0.3) is 0 Å². The topological polar surface area (TPSA) is 38.2 Å². The molecule has 0 aromatic carbocycles. The number of rotatable bonds is 5. The Bertz CT molecular complexity index is 355. The van der Waals surface area contributed by atoms with Crippen molar-refractivity contribution >= 4 is 11.6 Å². The Morgan fingerprint density at radius 1 is 1.19 bits per heavy atom. The van der Waals surface area contributed by atoms with Crippen molar-refractivity contribution in [1.82, 2.24) is 14.9 Å². The van der Waals surface area contributed by atoms with Gasteiger partial charge in [-0.25, -0.2) is 9.97 Å². The predicted molar refractivity (Wildman–Crippen MR) is 65.2 cm³/mol. The molecule has 0 aliphatic heterocycles. The minimum Gasteiger partial charge on any atom is -0.475 e. The molecule has 0 saturated carbocycles. The maximum atomic E-state index is 5.93. The van der Waals surface area contributed by atoms with Crippen LogP contribution in [-0.4, -0.2) is 42.1 Å². The minimum atomic E-state index is 0.341. The Morgan fingerprint density at radius 3 is 2.44 bits per heavy atom. The molecule has 0 radical (unpaired) electrons. The van der Waals surface area contributed by atoms with Gasteiger partial charge in [-0.15, -0.1) is 0 Å². The van der Waals surface area contributed by atoms with Crippen molar-refractivity contribution in [2.75, 3.05) is 27.2 Å². The zero-order valence-corrected chi connectivity index (χ0v) is 11.0. The van der Waals surface area contributed by atoms with Gasteiger partial charge in [0.05, 0.1) is 18.0 Å². The van der Waals surface area contributed by atoms with E-state index < -0.39 is 0 Å². The van der Waals surface area contributed by atoms with Crippen LogP contribution in [0.15, 0.2) is 0 Å². The van der Waals surface area contributed by atoms with Gasteiger partial charge in [0.25, 0.3) is 5.88 Å². The van der Waals surface area contributed by atoms with Crippen molar-refractivity contribution in [2.45, 2.75) is 20.3 Å². The summed E-state index contributed by atoms with van der Waals surface area (Å²) >= 11 is 5.93. The minimum absolute atomic E-state index is 0.341. The van der Waals surface area contributed by atoms with Gasteiger partial charge in [0, 0.05) is 6.54 Å². The van der Waals surface area contributed by atoms with E-state index in [2.05, 4.69) is 14.9 Å². The van der Waals surface area contributed by atoms with Crippen LogP contribution in [0.3, 0.4) is 0 Å². The van der Waals surface area contributed by atoms with Gasteiger partial charge < -0.3 is 9.64 Å². The van der Waals surface area contributed by atoms with Crippen LogP contribution in [0.5, 0.6) is 5.88 Å². The lowest BCUT2D eigenvalue weighted by atomic mass is 10.3. The van der Waals surface area contributed by atoms with Gasteiger partial charge in [-0.05, 0) is 34.4 Å². The van der Waals surface area contributed by atoms with E-state index in [4.69, 9.17) is 16.3 Å². The molecular formula is C11H18ClN3O. The molecule has 0 unspecified atom stereocenters. The Morgan fingerprint density at radius 2 is 1.81 bits per heavy atom. The number of halogens is 1. The highest BCUT2D eigenvalue weighted by molar-refractivity contribution is 6.30. The van der Waals surface area contributed by atoms with E-state index in [1.54, 1.807) is 0 Å². The smallest absolute Gasteiger partial charge is 0.252 e. The molecule has 0 aliphatic carbocycles. The maximum absolute atomic E-state index is 5.93. The summed E-state index contributed by atoms with van der Waals surface area (Å²) in [6, 6.07) is 0. The van der Waals surface area contributed by atoms with Gasteiger partial charge in [-0.1, -0.05) is 11.6 Å². The first-order valence-corrected chi connectivity index (χ1v) is 5.66.